The molecule has 1 amide bonds. The first-order valence-corrected chi connectivity index (χ1v) is 10.3. The normalized spacial score (nSPS) is 14.1. The van der Waals surface area contributed by atoms with Gasteiger partial charge in [0.2, 0.25) is 0 Å². The lowest BCUT2D eigenvalue weighted by atomic mass is 10.2. The number of allylic oxidation sites excluding steroid dienone is 1. The molecule has 1 heterocycles. The maximum Gasteiger partial charge on any atom is 0.260 e. The molecule has 1 fully saturated rings. The number of piperazine rings is 1. The second-order valence-electron chi connectivity index (χ2n) is 6.97. The lowest BCUT2D eigenvalue weighted by molar-refractivity contribution is -0.133. The third kappa shape index (κ3) is 5.26. The van der Waals surface area contributed by atoms with Gasteiger partial charge in [0.05, 0.1) is 19.4 Å². The van der Waals surface area contributed by atoms with E-state index in [1.165, 1.54) is 0 Å². The number of para-hydroxylation sites is 2. The molecule has 0 N–H and O–H groups in total. The highest BCUT2D eigenvalue weighted by molar-refractivity contribution is 5.78. The van der Waals surface area contributed by atoms with E-state index in [1.54, 1.807) is 7.11 Å². The highest BCUT2D eigenvalue weighted by atomic mass is 16.5. The SMILES string of the molecule is C/C=C/c1ccc(OCC(=O)N2CCN(c3ccccc3OCC)CC2)c(OC)c1. The van der Waals surface area contributed by atoms with Gasteiger partial charge in [0.1, 0.15) is 5.75 Å². The Bertz CT molecular complexity index is 873. The summed E-state index contributed by atoms with van der Waals surface area (Å²) in [4.78, 5) is 16.8. The number of ether oxygens (including phenoxy) is 3. The fraction of sp³-hybridized carbons (Fsp3) is 0.375. The molecule has 1 saturated heterocycles. The van der Waals surface area contributed by atoms with E-state index in [1.807, 2.05) is 67.3 Å². The van der Waals surface area contributed by atoms with Crippen LogP contribution in [0.15, 0.2) is 48.5 Å². The number of rotatable bonds is 8. The van der Waals surface area contributed by atoms with E-state index in [2.05, 4.69) is 11.0 Å². The van der Waals surface area contributed by atoms with Crippen LogP contribution in [0.4, 0.5) is 5.69 Å². The molecule has 6 heteroatoms. The lowest BCUT2D eigenvalue weighted by Crippen LogP contribution is -2.50. The third-order valence-corrected chi connectivity index (χ3v) is 5.04. The van der Waals surface area contributed by atoms with Crippen molar-refractivity contribution in [1.29, 1.82) is 0 Å². The molecule has 160 valence electrons. The quantitative estimate of drug-likeness (QED) is 0.662. The summed E-state index contributed by atoms with van der Waals surface area (Å²) >= 11 is 0. The van der Waals surface area contributed by atoms with Gasteiger partial charge in [0.15, 0.2) is 18.1 Å². The van der Waals surface area contributed by atoms with Crippen LogP contribution in [0.5, 0.6) is 17.2 Å². The van der Waals surface area contributed by atoms with Gasteiger partial charge in [-0.3, -0.25) is 4.79 Å². The largest absolute Gasteiger partial charge is 0.493 e. The van der Waals surface area contributed by atoms with Crippen molar-refractivity contribution in [1.82, 2.24) is 4.90 Å². The van der Waals surface area contributed by atoms with E-state index in [0.717, 1.165) is 30.1 Å². The standard InChI is InChI=1S/C24H30N2O4/c1-4-8-19-11-12-22(23(17-19)28-3)30-18-24(27)26-15-13-25(14-16-26)20-9-6-7-10-21(20)29-5-2/h4,6-12,17H,5,13-16,18H2,1-3H3/b8-4+. The number of amides is 1. The molecule has 0 aromatic heterocycles. The van der Waals surface area contributed by atoms with Gasteiger partial charge in [-0.15, -0.1) is 0 Å². The van der Waals surface area contributed by atoms with Gasteiger partial charge in [-0.2, -0.15) is 0 Å². The van der Waals surface area contributed by atoms with Crippen molar-refractivity contribution in [2.24, 2.45) is 0 Å². The van der Waals surface area contributed by atoms with Crippen LogP contribution in [0.2, 0.25) is 0 Å². The second-order valence-corrected chi connectivity index (χ2v) is 6.97. The van der Waals surface area contributed by atoms with E-state index >= 15 is 0 Å². The number of hydrogen-bond donors (Lipinski definition) is 0. The molecular formula is C24H30N2O4. The monoisotopic (exact) mass is 410 g/mol. The first kappa shape index (κ1) is 21.6. The number of nitrogens with zero attached hydrogens (tertiary/aromatic N) is 2. The number of hydrogen-bond acceptors (Lipinski definition) is 5. The van der Waals surface area contributed by atoms with Crippen LogP contribution in [0.3, 0.4) is 0 Å². The van der Waals surface area contributed by atoms with Crippen LogP contribution in [-0.4, -0.2) is 57.3 Å². The summed E-state index contributed by atoms with van der Waals surface area (Å²) in [6.07, 6.45) is 3.95. The molecule has 1 aliphatic rings. The summed E-state index contributed by atoms with van der Waals surface area (Å²) in [6, 6.07) is 13.7. The molecule has 1 aliphatic heterocycles. The minimum Gasteiger partial charge on any atom is -0.493 e. The molecule has 2 aromatic carbocycles. The van der Waals surface area contributed by atoms with Gasteiger partial charge in [0.25, 0.3) is 5.91 Å². The Labute approximate surface area is 178 Å². The van der Waals surface area contributed by atoms with Crippen molar-refractivity contribution in [3.8, 4) is 17.2 Å². The van der Waals surface area contributed by atoms with Crippen molar-refractivity contribution >= 4 is 17.7 Å². The van der Waals surface area contributed by atoms with Gasteiger partial charge in [-0.05, 0) is 43.7 Å². The first-order valence-electron chi connectivity index (χ1n) is 10.3. The molecule has 3 rings (SSSR count). The molecule has 0 saturated carbocycles. The Morgan fingerprint density at radius 2 is 1.77 bits per heavy atom. The Kier molecular flexibility index (Phi) is 7.60. The fourth-order valence-electron chi connectivity index (χ4n) is 3.52. The Hall–Kier alpha value is -3.15. The van der Waals surface area contributed by atoms with E-state index < -0.39 is 0 Å². The van der Waals surface area contributed by atoms with Crippen LogP contribution in [0, 0.1) is 0 Å². The lowest BCUT2D eigenvalue weighted by Gasteiger charge is -2.36. The number of carbonyl (C=O) groups excluding carboxylic acids is 1. The molecule has 2 aromatic rings. The topological polar surface area (TPSA) is 51.2 Å². The van der Waals surface area contributed by atoms with Crippen molar-refractivity contribution in [3.63, 3.8) is 0 Å². The van der Waals surface area contributed by atoms with Gasteiger partial charge in [-0.25, -0.2) is 0 Å². The average Bonchev–Trinajstić information content (AvgIpc) is 2.79. The third-order valence-electron chi connectivity index (χ3n) is 5.04. The van der Waals surface area contributed by atoms with Crippen LogP contribution in [0.1, 0.15) is 19.4 Å². The average molecular weight is 411 g/mol. The minimum atomic E-state index is -0.0210. The van der Waals surface area contributed by atoms with Crippen LogP contribution < -0.4 is 19.1 Å². The van der Waals surface area contributed by atoms with E-state index in [9.17, 15) is 4.79 Å². The van der Waals surface area contributed by atoms with Crippen molar-refractivity contribution in [3.05, 3.63) is 54.1 Å². The Morgan fingerprint density at radius 3 is 2.47 bits per heavy atom. The smallest absolute Gasteiger partial charge is 0.260 e. The zero-order valence-corrected chi connectivity index (χ0v) is 18.0. The Balaban J connectivity index is 1.55. The molecule has 0 aliphatic carbocycles. The maximum absolute atomic E-state index is 12.7. The molecule has 30 heavy (non-hydrogen) atoms. The molecule has 0 unspecified atom stereocenters. The van der Waals surface area contributed by atoms with Crippen molar-refractivity contribution < 1.29 is 19.0 Å². The van der Waals surface area contributed by atoms with Crippen LogP contribution in [-0.2, 0) is 4.79 Å². The molecular weight excluding hydrogens is 380 g/mol. The summed E-state index contributed by atoms with van der Waals surface area (Å²) in [5.74, 6) is 2.06. The van der Waals surface area contributed by atoms with Gasteiger partial charge in [-0.1, -0.05) is 30.4 Å². The number of carbonyl (C=O) groups is 1. The Morgan fingerprint density at radius 1 is 1.00 bits per heavy atom. The van der Waals surface area contributed by atoms with Gasteiger partial charge >= 0.3 is 0 Å². The van der Waals surface area contributed by atoms with Crippen LogP contribution >= 0.6 is 0 Å². The molecule has 6 nitrogen and oxygen atoms in total. The van der Waals surface area contributed by atoms with E-state index in [4.69, 9.17) is 14.2 Å². The first-order chi connectivity index (χ1) is 14.7. The summed E-state index contributed by atoms with van der Waals surface area (Å²) < 4.78 is 16.9. The van der Waals surface area contributed by atoms with Gasteiger partial charge < -0.3 is 24.0 Å². The highest BCUT2D eigenvalue weighted by Crippen LogP contribution is 2.30. The summed E-state index contributed by atoms with van der Waals surface area (Å²) in [7, 11) is 1.60. The van der Waals surface area contributed by atoms with Crippen LogP contribution in [0.25, 0.3) is 6.08 Å². The minimum absolute atomic E-state index is 0.00510. The zero-order chi connectivity index (χ0) is 21.3. The fourth-order valence-corrected chi connectivity index (χ4v) is 3.52. The molecule has 0 atom stereocenters. The predicted octanol–water partition coefficient (Wildman–Crippen LogP) is 3.85. The molecule has 0 spiro atoms. The summed E-state index contributed by atoms with van der Waals surface area (Å²) in [5, 5.41) is 0. The second kappa shape index (κ2) is 10.6. The number of methoxy groups -OCH3 is 1. The van der Waals surface area contributed by atoms with E-state index in [0.29, 0.717) is 31.2 Å². The predicted molar refractivity (Wildman–Crippen MR) is 120 cm³/mol. The maximum atomic E-state index is 12.7. The number of benzene rings is 2. The number of anilines is 1. The zero-order valence-electron chi connectivity index (χ0n) is 18.0. The molecule has 0 radical (unpaired) electrons. The van der Waals surface area contributed by atoms with Crippen molar-refractivity contribution in [2.75, 3.05) is 51.4 Å². The summed E-state index contributed by atoms with van der Waals surface area (Å²) in [5.41, 5.74) is 2.10. The van der Waals surface area contributed by atoms with Gasteiger partial charge in [0, 0.05) is 26.2 Å². The summed E-state index contributed by atoms with van der Waals surface area (Å²) in [6.45, 7) is 7.40. The highest BCUT2D eigenvalue weighted by Gasteiger charge is 2.23. The molecule has 0 bridgehead atoms. The van der Waals surface area contributed by atoms with E-state index in [-0.39, 0.29) is 12.5 Å². The van der Waals surface area contributed by atoms with Crippen molar-refractivity contribution in [2.45, 2.75) is 13.8 Å².